The Hall–Kier alpha value is -4.25. The highest BCUT2D eigenvalue weighted by Crippen LogP contribution is 2.57. The van der Waals surface area contributed by atoms with Gasteiger partial charge in [0, 0.05) is 28.7 Å². The number of hydrogen-bond acceptors (Lipinski definition) is 6. The lowest BCUT2D eigenvalue weighted by molar-refractivity contribution is -0.274. The number of hydrogen-bond donors (Lipinski definition) is 1. The number of carbonyl (C=O) groups excluding carboxylic acids is 4. The number of Topliss-reactive ketones (excluding diaryl/α,β-unsaturated/α-hetero) is 1. The molecule has 2 amide bonds. The van der Waals surface area contributed by atoms with Crippen molar-refractivity contribution in [2.75, 3.05) is 4.90 Å². The van der Waals surface area contributed by atoms with Crippen LogP contribution in [0.1, 0.15) is 29.9 Å². The summed E-state index contributed by atoms with van der Waals surface area (Å²) in [5.74, 6) is -6.49. The Morgan fingerprint density at radius 1 is 1.02 bits per heavy atom. The Labute approximate surface area is 245 Å². The van der Waals surface area contributed by atoms with E-state index in [1.165, 1.54) is 0 Å². The van der Waals surface area contributed by atoms with Crippen molar-refractivity contribution in [3.63, 3.8) is 0 Å². The van der Waals surface area contributed by atoms with Gasteiger partial charge in [-0.1, -0.05) is 36.4 Å². The standard InChI is InChI=1S/C31H21BrF3NO6/c1-2-14-3-5-15(6-4-14)36-29(40)18-9-8-17-19(26(18)30(36)41)12-21-27(24(38)13-22(32)28(21)39)25(17)20-11-16(7-10-23(20)37)42-31(33,34)35/h2-8,10-11,13,18-19,25-26,37H,1,9,12H2/t18-,19+,25+,26-/m0/s1. The summed E-state index contributed by atoms with van der Waals surface area (Å²) in [6.45, 7) is 3.70. The maximum atomic E-state index is 13.9. The second-order valence-electron chi connectivity index (χ2n) is 10.5. The smallest absolute Gasteiger partial charge is 0.508 e. The molecule has 7 nitrogen and oxygen atoms in total. The number of rotatable bonds is 4. The minimum atomic E-state index is -5.01. The zero-order valence-electron chi connectivity index (χ0n) is 21.7. The molecule has 2 aromatic rings. The molecule has 1 N–H and O–H groups in total. The van der Waals surface area contributed by atoms with Crippen LogP contribution in [-0.2, 0) is 19.2 Å². The number of benzene rings is 2. The second kappa shape index (κ2) is 9.94. The van der Waals surface area contributed by atoms with E-state index in [1.807, 2.05) is 0 Å². The lowest BCUT2D eigenvalue weighted by Gasteiger charge is -2.42. The third kappa shape index (κ3) is 4.43. The highest BCUT2D eigenvalue weighted by atomic mass is 79.9. The number of amides is 2. The number of imide groups is 1. The molecule has 1 heterocycles. The quantitative estimate of drug-likeness (QED) is 0.254. The summed E-state index contributed by atoms with van der Waals surface area (Å²) in [4.78, 5) is 55.3. The van der Waals surface area contributed by atoms with E-state index in [1.54, 1.807) is 36.4 Å². The van der Waals surface area contributed by atoms with Crippen LogP contribution in [0.25, 0.3) is 6.08 Å². The van der Waals surface area contributed by atoms with Crippen LogP contribution >= 0.6 is 15.9 Å². The number of carbonyl (C=O) groups is 4. The first-order valence-corrected chi connectivity index (χ1v) is 13.8. The van der Waals surface area contributed by atoms with Crippen LogP contribution in [-0.4, -0.2) is 34.8 Å². The summed E-state index contributed by atoms with van der Waals surface area (Å²) >= 11 is 3.12. The van der Waals surface area contributed by atoms with Crippen molar-refractivity contribution < 1.29 is 42.2 Å². The average molecular weight is 640 g/mol. The van der Waals surface area contributed by atoms with Gasteiger partial charge >= 0.3 is 6.36 Å². The molecule has 4 atom stereocenters. The molecule has 0 radical (unpaired) electrons. The second-order valence-corrected chi connectivity index (χ2v) is 11.3. The van der Waals surface area contributed by atoms with Gasteiger partial charge in [-0.3, -0.25) is 24.1 Å². The topological polar surface area (TPSA) is 101 Å². The number of allylic oxidation sites excluding steroid dienone is 6. The number of phenols is 1. The number of halogens is 4. The van der Waals surface area contributed by atoms with Gasteiger partial charge in [0.1, 0.15) is 11.5 Å². The zero-order chi connectivity index (χ0) is 30.1. The lowest BCUT2D eigenvalue weighted by Crippen LogP contribution is -2.39. The molecule has 0 saturated carbocycles. The van der Waals surface area contributed by atoms with Gasteiger partial charge in [0.15, 0.2) is 11.6 Å². The number of ether oxygens (including phenoxy) is 1. The summed E-state index contributed by atoms with van der Waals surface area (Å²) in [7, 11) is 0. The predicted molar refractivity (Wildman–Crippen MR) is 148 cm³/mol. The van der Waals surface area contributed by atoms with Crippen molar-refractivity contribution in [3.8, 4) is 11.5 Å². The molecule has 0 unspecified atom stereocenters. The number of alkyl halides is 3. The van der Waals surface area contributed by atoms with E-state index >= 15 is 0 Å². The Morgan fingerprint density at radius 3 is 2.40 bits per heavy atom. The predicted octanol–water partition coefficient (Wildman–Crippen LogP) is 5.90. The molecule has 42 heavy (non-hydrogen) atoms. The Balaban J connectivity index is 1.48. The fourth-order valence-corrected chi connectivity index (χ4v) is 6.98. The van der Waals surface area contributed by atoms with Crippen LogP contribution in [0.2, 0.25) is 0 Å². The zero-order valence-corrected chi connectivity index (χ0v) is 23.2. The summed E-state index contributed by atoms with van der Waals surface area (Å²) < 4.78 is 43.3. The third-order valence-corrected chi connectivity index (χ3v) is 8.85. The maximum Gasteiger partial charge on any atom is 0.573 e. The fraction of sp³-hybridized carbons (Fsp3) is 0.226. The molecule has 1 saturated heterocycles. The van der Waals surface area contributed by atoms with Crippen molar-refractivity contribution in [1.82, 2.24) is 0 Å². The van der Waals surface area contributed by atoms with Crippen LogP contribution in [0.5, 0.6) is 11.5 Å². The molecule has 11 heteroatoms. The number of phenolic OH excluding ortho intramolecular Hbond substituents is 1. The van der Waals surface area contributed by atoms with Gasteiger partial charge in [0.25, 0.3) is 0 Å². The van der Waals surface area contributed by atoms with Crippen molar-refractivity contribution in [2.45, 2.75) is 25.1 Å². The van der Waals surface area contributed by atoms with Gasteiger partial charge in [-0.25, -0.2) is 0 Å². The van der Waals surface area contributed by atoms with Crippen molar-refractivity contribution in [3.05, 3.63) is 93.5 Å². The van der Waals surface area contributed by atoms with E-state index in [0.717, 1.165) is 34.7 Å². The molecule has 1 aliphatic heterocycles. The largest absolute Gasteiger partial charge is 0.573 e. The fourth-order valence-electron chi connectivity index (χ4n) is 6.54. The number of aromatic hydroxyl groups is 1. The first-order valence-electron chi connectivity index (χ1n) is 13.0. The van der Waals surface area contributed by atoms with Gasteiger partial charge in [-0.15, -0.1) is 13.2 Å². The normalized spacial score (nSPS) is 25.5. The van der Waals surface area contributed by atoms with Crippen molar-refractivity contribution in [2.24, 2.45) is 17.8 Å². The van der Waals surface area contributed by atoms with Gasteiger partial charge in [0.2, 0.25) is 11.8 Å². The molecule has 4 aliphatic rings. The van der Waals surface area contributed by atoms with Gasteiger partial charge in [-0.05, 0) is 70.6 Å². The molecule has 0 aromatic heterocycles. The minimum absolute atomic E-state index is 0.000858. The van der Waals surface area contributed by atoms with E-state index in [9.17, 15) is 37.5 Å². The van der Waals surface area contributed by atoms with Crippen molar-refractivity contribution in [1.29, 1.82) is 0 Å². The van der Waals surface area contributed by atoms with E-state index in [0.29, 0.717) is 11.3 Å². The first-order chi connectivity index (χ1) is 19.9. The van der Waals surface area contributed by atoms with E-state index in [2.05, 4.69) is 27.2 Å². The molecule has 6 rings (SSSR count). The summed E-state index contributed by atoms with van der Waals surface area (Å²) in [6.07, 6.45) is -0.500. The van der Waals surface area contributed by atoms with Crippen LogP contribution in [0.15, 0.2) is 82.4 Å². The highest BCUT2D eigenvalue weighted by Gasteiger charge is 2.57. The van der Waals surface area contributed by atoms with Crippen molar-refractivity contribution >= 4 is 51.1 Å². The van der Waals surface area contributed by atoms with E-state index in [4.69, 9.17) is 0 Å². The highest BCUT2D eigenvalue weighted by molar-refractivity contribution is 9.12. The summed E-state index contributed by atoms with van der Waals surface area (Å²) in [6, 6.07) is 9.65. The molecule has 0 spiro atoms. The van der Waals surface area contributed by atoms with Crippen LogP contribution < -0.4 is 9.64 Å². The summed E-state index contributed by atoms with van der Waals surface area (Å²) in [5.41, 5.74) is 1.66. The van der Waals surface area contributed by atoms with E-state index in [-0.39, 0.29) is 34.0 Å². The minimum Gasteiger partial charge on any atom is -0.508 e. The van der Waals surface area contributed by atoms with Gasteiger partial charge < -0.3 is 9.84 Å². The number of ketones is 2. The van der Waals surface area contributed by atoms with Gasteiger partial charge in [0.05, 0.1) is 22.0 Å². The van der Waals surface area contributed by atoms with Gasteiger partial charge in [-0.2, -0.15) is 0 Å². The molecule has 214 valence electrons. The van der Waals surface area contributed by atoms with Crippen LogP contribution in [0.3, 0.4) is 0 Å². The van der Waals surface area contributed by atoms with Crippen LogP contribution in [0, 0.1) is 17.8 Å². The number of fused-ring (bicyclic) bond motifs is 3. The molecule has 3 aliphatic carbocycles. The lowest BCUT2D eigenvalue weighted by atomic mass is 9.59. The van der Waals surface area contributed by atoms with Crippen LogP contribution in [0.4, 0.5) is 18.9 Å². The SMILES string of the molecule is C=Cc1ccc(N2C(=O)[C@H]3[C@H](CC=C4[C@H](c5cc(OC(F)(F)F)ccc5O)C5=C(C[C@H]43)C(=O)C(Br)=CC5=O)C2=O)cc1. The number of anilines is 1. The first kappa shape index (κ1) is 27.9. The Bertz CT molecular complexity index is 1690. The number of nitrogens with zero attached hydrogens (tertiary/aromatic N) is 1. The summed E-state index contributed by atoms with van der Waals surface area (Å²) in [5, 5.41) is 10.8. The third-order valence-electron chi connectivity index (χ3n) is 8.26. The Kier molecular flexibility index (Phi) is 6.60. The average Bonchev–Trinajstić information content (AvgIpc) is 3.20. The molecule has 0 bridgehead atoms. The molecule has 2 aromatic carbocycles. The molecular formula is C31H21BrF3NO6. The molecular weight excluding hydrogens is 619 g/mol. The Morgan fingerprint density at radius 2 is 1.74 bits per heavy atom. The van der Waals surface area contributed by atoms with E-state index < -0.39 is 64.9 Å². The molecule has 1 fully saturated rings. The monoisotopic (exact) mass is 639 g/mol. The maximum absolute atomic E-state index is 13.9.